The molecule has 0 radical (unpaired) electrons. The molecule has 84 valence electrons. The summed E-state index contributed by atoms with van der Waals surface area (Å²) in [5.74, 6) is -0.745. The van der Waals surface area contributed by atoms with Crippen molar-refractivity contribution in [1.82, 2.24) is 5.32 Å². The number of nitrogens with zero attached hydrogens (tertiary/aromatic N) is 1. The molecule has 4 nitrogen and oxygen atoms in total. The van der Waals surface area contributed by atoms with Crippen molar-refractivity contribution in [3.05, 3.63) is 0 Å². The molecule has 0 aromatic rings. The van der Waals surface area contributed by atoms with Crippen LogP contribution in [0.4, 0.5) is 0 Å². The number of hydrogen-bond acceptors (Lipinski definition) is 3. The van der Waals surface area contributed by atoms with Gasteiger partial charge >= 0.3 is 0 Å². The van der Waals surface area contributed by atoms with Crippen molar-refractivity contribution in [3.8, 4) is 6.07 Å². The molecule has 1 aliphatic rings. The van der Waals surface area contributed by atoms with E-state index < -0.39 is 5.92 Å². The van der Waals surface area contributed by atoms with E-state index in [-0.39, 0.29) is 12.0 Å². The van der Waals surface area contributed by atoms with E-state index in [9.17, 15) is 4.79 Å². The van der Waals surface area contributed by atoms with Gasteiger partial charge in [-0.25, -0.2) is 0 Å². The van der Waals surface area contributed by atoms with Crippen molar-refractivity contribution in [1.29, 1.82) is 5.26 Å². The number of ether oxygens (including phenoxy) is 1. The molecule has 0 saturated carbocycles. The molecule has 1 rings (SSSR count). The monoisotopic (exact) mass is 210 g/mol. The van der Waals surface area contributed by atoms with Gasteiger partial charge in [-0.15, -0.1) is 0 Å². The Labute approximate surface area is 90.6 Å². The number of carbonyl (C=O) groups excluding carboxylic acids is 1. The Morgan fingerprint density at radius 1 is 1.67 bits per heavy atom. The minimum atomic E-state index is -0.558. The molecule has 1 N–H and O–H groups in total. The average molecular weight is 210 g/mol. The zero-order chi connectivity index (χ0) is 11.1. The molecule has 15 heavy (non-hydrogen) atoms. The van der Waals surface area contributed by atoms with E-state index in [1.165, 1.54) is 6.42 Å². The SMILES string of the molecule is CC(C#N)C(=O)NCCC1CCCCO1. The zero-order valence-corrected chi connectivity index (χ0v) is 9.16. The van der Waals surface area contributed by atoms with E-state index in [0.717, 1.165) is 25.9 Å². The molecule has 2 unspecified atom stereocenters. The Balaban J connectivity index is 2.10. The second kappa shape index (κ2) is 6.41. The molecule has 0 aromatic carbocycles. The van der Waals surface area contributed by atoms with Crippen LogP contribution in [-0.2, 0) is 9.53 Å². The molecule has 1 amide bonds. The fourth-order valence-electron chi connectivity index (χ4n) is 1.60. The third-order valence-corrected chi connectivity index (χ3v) is 2.63. The highest BCUT2D eigenvalue weighted by Crippen LogP contribution is 2.14. The van der Waals surface area contributed by atoms with Crippen molar-refractivity contribution in [2.24, 2.45) is 5.92 Å². The standard InChI is InChI=1S/C11H18N2O2/c1-9(8-12)11(14)13-6-5-10-4-2-3-7-15-10/h9-10H,2-7H2,1H3,(H,13,14). The predicted octanol–water partition coefficient (Wildman–Crippen LogP) is 1.22. The second-order valence-electron chi connectivity index (χ2n) is 3.92. The number of nitriles is 1. The third kappa shape index (κ3) is 4.30. The maximum Gasteiger partial charge on any atom is 0.237 e. The van der Waals surface area contributed by atoms with E-state index in [2.05, 4.69) is 5.32 Å². The van der Waals surface area contributed by atoms with Gasteiger partial charge in [0.2, 0.25) is 5.91 Å². The molecule has 0 bridgehead atoms. The Kier molecular flexibility index (Phi) is 5.13. The minimum Gasteiger partial charge on any atom is -0.378 e. The molecular formula is C11H18N2O2. The number of nitrogens with one attached hydrogen (secondary N) is 1. The van der Waals surface area contributed by atoms with E-state index in [1.807, 2.05) is 6.07 Å². The van der Waals surface area contributed by atoms with Gasteiger partial charge in [-0.2, -0.15) is 5.26 Å². The van der Waals surface area contributed by atoms with E-state index in [0.29, 0.717) is 6.54 Å². The summed E-state index contributed by atoms with van der Waals surface area (Å²) in [6.45, 7) is 3.05. The van der Waals surface area contributed by atoms with Crippen LogP contribution in [-0.4, -0.2) is 25.2 Å². The first-order chi connectivity index (χ1) is 7.24. The molecule has 0 aromatic heterocycles. The summed E-state index contributed by atoms with van der Waals surface area (Å²) in [4.78, 5) is 11.2. The van der Waals surface area contributed by atoms with Gasteiger partial charge in [0.1, 0.15) is 5.92 Å². The predicted molar refractivity (Wildman–Crippen MR) is 56.0 cm³/mol. The molecule has 1 fully saturated rings. The van der Waals surface area contributed by atoms with Gasteiger partial charge in [-0.1, -0.05) is 0 Å². The summed E-state index contributed by atoms with van der Waals surface area (Å²) < 4.78 is 5.53. The summed E-state index contributed by atoms with van der Waals surface area (Å²) in [6, 6.07) is 1.91. The van der Waals surface area contributed by atoms with Gasteiger partial charge in [0.05, 0.1) is 12.2 Å². The van der Waals surface area contributed by atoms with Crippen LogP contribution in [0.5, 0.6) is 0 Å². The molecule has 0 spiro atoms. The Hall–Kier alpha value is -1.08. The second-order valence-corrected chi connectivity index (χ2v) is 3.92. The summed E-state index contributed by atoms with van der Waals surface area (Å²) >= 11 is 0. The maximum atomic E-state index is 11.2. The summed E-state index contributed by atoms with van der Waals surface area (Å²) in [5.41, 5.74) is 0. The van der Waals surface area contributed by atoms with Gasteiger partial charge in [0.25, 0.3) is 0 Å². The normalized spacial score (nSPS) is 22.8. The van der Waals surface area contributed by atoms with Crippen molar-refractivity contribution >= 4 is 5.91 Å². The molecule has 0 aliphatic carbocycles. The van der Waals surface area contributed by atoms with Crippen LogP contribution in [0.1, 0.15) is 32.6 Å². The zero-order valence-electron chi connectivity index (χ0n) is 9.16. The topological polar surface area (TPSA) is 62.1 Å². The van der Waals surface area contributed by atoms with E-state index in [4.69, 9.17) is 10.00 Å². The number of hydrogen-bond donors (Lipinski definition) is 1. The molecule has 2 atom stereocenters. The quantitative estimate of drug-likeness (QED) is 0.759. The van der Waals surface area contributed by atoms with Gasteiger partial charge < -0.3 is 10.1 Å². The fraction of sp³-hybridized carbons (Fsp3) is 0.818. The van der Waals surface area contributed by atoms with Crippen LogP contribution >= 0.6 is 0 Å². The van der Waals surface area contributed by atoms with Crippen LogP contribution in [0.25, 0.3) is 0 Å². The molecular weight excluding hydrogens is 192 g/mol. The van der Waals surface area contributed by atoms with E-state index >= 15 is 0 Å². The number of carbonyl (C=O) groups is 1. The maximum absolute atomic E-state index is 11.2. The highest BCUT2D eigenvalue weighted by molar-refractivity contribution is 5.80. The number of rotatable bonds is 4. The van der Waals surface area contributed by atoms with Crippen molar-refractivity contribution < 1.29 is 9.53 Å². The summed E-state index contributed by atoms with van der Waals surface area (Å²) in [5, 5.41) is 11.3. The largest absolute Gasteiger partial charge is 0.378 e. The third-order valence-electron chi connectivity index (χ3n) is 2.63. The van der Waals surface area contributed by atoms with Crippen molar-refractivity contribution in [3.63, 3.8) is 0 Å². The lowest BCUT2D eigenvalue weighted by Gasteiger charge is -2.22. The smallest absolute Gasteiger partial charge is 0.237 e. The van der Waals surface area contributed by atoms with Crippen LogP contribution in [0, 0.1) is 17.2 Å². The van der Waals surface area contributed by atoms with Gasteiger partial charge in [0, 0.05) is 13.2 Å². The van der Waals surface area contributed by atoms with Gasteiger partial charge in [-0.05, 0) is 32.6 Å². The average Bonchev–Trinajstić information content (AvgIpc) is 2.29. The Bertz CT molecular complexity index is 241. The lowest BCUT2D eigenvalue weighted by molar-refractivity contribution is -0.123. The highest BCUT2D eigenvalue weighted by Gasteiger charge is 2.15. The van der Waals surface area contributed by atoms with Crippen molar-refractivity contribution in [2.75, 3.05) is 13.2 Å². The van der Waals surface area contributed by atoms with Crippen LogP contribution < -0.4 is 5.32 Å². The Morgan fingerprint density at radius 3 is 3.07 bits per heavy atom. The lowest BCUT2D eigenvalue weighted by Crippen LogP contribution is -2.32. The van der Waals surface area contributed by atoms with Crippen molar-refractivity contribution in [2.45, 2.75) is 38.7 Å². The molecule has 4 heteroatoms. The minimum absolute atomic E-state index is 0.187. The first-order valence-electron chi connectivity index (χ1n) is 5.53. The van der Waals surface area contributed by atoms with E-state index in [1.54, 1.807) is 6.92 Å². The first-order valence-corrected chi connectivity index (χ1v) is 5.53. The highest BCUT2D eigenvalue weighted by atomic mass is 16.5. The van der Waals surface area contributed by atoms with Gasteiger partial charge in [0.15, 0.2) is 0 Å². The molecule has 1 heterocycles. The fourth-order valence-corrected chi connectivity index (χ4v) is 1.60. The van der Waals surface area contributed by atoms with Crippen LogP contribution in [0.15, 0.2) is 0 Å². The lowest BCUT2D eigenvalue weighted by atomic mass is 10.1. The Morgan fingerprint density at radius 2 is 2.47 bits per heavy atom. The van der Waals surface area contributed by atoms with Crippen LogP contribution in [0.2, 0.25) is 0 Å². The number of amides is 1. The van der Waals surface area contributed by atoms with Gasteiger partial charge in [-0.3, -0.25) is 4.79 Å². The molecule has 1 aliphatic heterocycles. The van der Waals surface area contributed by atoms with Crippen LogP contribution in [0.3, 0.4) is 0 Å². The first kappa shape index (κ1) is 12.0. The molecule has 1 saturated heterocycles. The summed E-state index contributed by atoms with van der Waals surface area (Å²) in [7, 11) is 0. The summed E-state index contributed by atoms with van der Waals surface area (Å²) in [6.07, 6.45) is 4.59.